The van der Waals surface area contributed by atoms with Crippen molar-refractivity contribution in [2.45, 2.75) is 65.0 Å². The summed E-state index contributed by atoms with van der Waals surface area (Å²) in [5.74, 6) is 1.79. The van der Waals surface area contributed by atoms with Crippen LogP contribution in [0.3, 0.4) is 0 Å². The third-order valence-electron chi connectivity index (χ3n) is 4.26. The minimum atomic E-state index is -0.438. The molecule has 0 aromatic carbocycles. The molecule has 2 rings (SSSR count). The number of aromatic nitrogens is 1. The Labute approximate surface area is 123 Å². The second-order valence-electron chi connectivity index (χ2n) is 6.44. The van der Waals surface area contributed by atoms with Crippen molar-refractivity contribution >= 4 is 5.82 Å². The van der Waals surface area contributed by atoms with Crippen LogP contribution in [0.1, 0.15) is 64.5 Å². The molecule has 0 bridgehead atoms. The first-order valence-electron chi connectivity index (χ1n) is 7.98. The zero-order chi connectivity index (χ0) is 14.5. The lowest BCUT2D eigenvalue weighted by Gasteiger charge is -2.31. The molecule has 1 aromatic rings. The van der Waals surface area contributed by atoms with Crippen molar-refractivity contribution in [1.29, 1.82) is 0 Å². The Bertz CT molecular complexity index is 394. The quantitative estimate of drug-likeness (QED) is 0.855. The zero-order valence-electron chi connectivity index (χ0n) is 13.0. The van der Waals surface area contributed by atoms with Gasteiger partial charge in [0.1, 0.15) is 5.82 Å². The van der Waals surface area contributed by atoms with E-state index in [1.165, 1.54) is 32.1 Å². The third kappa shape index (κ3) is 3.95. The number of pyridine rings is 1. The molecular formula is C17H28N2O. The van der Waals surface area contributed by atoms with Crippen LogP contribution in [0.15, 0.2) is 18.3 Å². The van der Waals surface area contributed by atoms with Gasteiger partial charge in [-0.25, -0.2) is 4.98 Å². The first kappa shape index (κ1) is 15.3. The van der Waals surface area contributed by atoms with Crippen LogP contribution in [0.4, 0.5) is 5.82 Å². The molecule has 0 radical (unpaired) electrons. The fourth-order valence-electron chi connectivity index (χ4n) is 2.91. The molecule has 20 heavy (non-hydrogen) atoms. The smallest absolute Gasteiger partial charge is 0.128 e. The highest BCUT2D eigenvalue weighted by molar-refractivity contribution is 5.41. The minimum Gasteiger partial charge on any atom is -0.389 e. The second-order valence-corrected chi connectivity index (χ2v) is 6.44. The highest BCUT2D eigenvalue weighted by atomic mass is 16.3. The largest absolute Gasteiger partial charge is 0.389 e. The van der Waals surface area contributed by atoms with Gasteiger partial charge in [-0.05, 0) is 43.7 Å². The number of aliphatic hydroxyl groups is 1. The number of hydrogen-bond donors (Lipinski definition) is 1. The molecule has 1 heterocycles. The van der Waals surface area contributed by atoms with Crippen LogP contribution in [0.25, 0.3) is 0 Å². The standard InChI is InChI=1S/C17H28N2O/c1-13(2)10-11-19(16-6-4-5-7-16)17-9-8-15(12-18-17)14(3)20/h8-9,12-14,16,20H,4-7,10-11H2,1-3H3/t14-/m1/s1. The molecule has 1 fully saturated rings. The summed E-state index contributed by atoms with van der Waals surface area (Å²) in [5, 5.41) is 9.59. The van der Waals surface area contributed by atoms with Crippen molar-refractivity contribution in [2.75, 3.05) is 11.4 Å². The van der Waals surface area contributed by atoms with Crippen LogP contribution >= 0.6 is 0 Å². The van der Waals surface area contributed by atoms with E-state index >= 15 is 0 Å². The van der Waals surface area contributed by atoms with Gasteiger partial charge in [0, 0.05) is 18.8 Å². The van der Waals surface area contributed by atoms with Crippen molar-refractivity contribution in [3.8, 4) is 0 Å². The van der Waals surface area contributed by atoms with E-state index in [2.05, 4.69) is 29.8 Å². The lowest BCUT2D eigenvalue weighted by molar-refractivity contribution is 0.199. The molecule has 1 atom stereocenters. The first-order valence-corrected chi connectivity index (χ1v) is 7.98. The van der Waals surface area contributed by atoms with Crippen LogP contribution < -0.4 is 4.90 Å². The number of rotatable bonds is 6. The van der Waals surface area contributed by atoms with E-state index in [9.17, 15) is 5.11 Å². The summed E-state index contributed by atoms with van der Waals surface area (Å²) < 4.78 is 0. The third-order valence-corrected chi connectivity index (χ3v) is 4.26. The summed E-state index contributed by atoms with van der Waals surface area (Å²) in [6.07, 6.45) is 7.85. The molecule has 0 amide bonds. The molecule has 0 spiro atoms. The summed E-state index contributed by atoms with van der Waals surface area (Å²) >= 11 is 0. The Balaban J connectivity index is 2.11. The fraction of sp³-hybridized carbons (Fsp3) is 0.706. The van der Waals surface area contributed by atoms with Gasteiger partial charge in [0.25, 0.3) is 0 Å². The summed E-state index contributed by atoms with van der Waals surface area (Å²) in [5.41, 5.74) is 0.893. The van der Waals surface area contributed by atoms with Crippen molar-refractivity contribution in [1.82, 2.24) is 4.98 Å². The molecule has 0 unspecified atom stereocenters. The van der Waals surface area contributed by atoms with Gasteiger partial charge >= 0.3 is 0 Å². The predicted octanol–water partition coefficient (Wildman–Crippen LogP) is 3.93. The molecule has 3 heteroatoms. The number of hydrogen-bond acceptors (Lipinski definition) is 3. The molecule has 0 aliphatic heterocycles. The average Bonchev–Trinajstić information content (AvgIpc) is 2.93. The van der Waals surface area contributed by atoms with Gasteiger partial charge < -0.3 is 10.0 Å². The van der Waals surface area contributed by atoms with Crippen molar-refractivity contribution in [3.63, 3.8) is 0 Å². The van der Waals surface area contributed by atoms with E-state index in [4.69, 9.17) is 0 Å². The van der Waals surface area contributed by atoms with Gasteiger partial charge in [0.05, 0.1) is 6.10 Å². The molecular weight excluding hydrogens is 248 g/mol. The van der Waals surface area contributed by atoms with Gasteiger partial charge in [0.2, 0.25) is 0 Å². The first-order chi connectivity index (χ1) is 9.58. The fourth-order valence-corrected chi connectivity index (χ4v) is 2.91. The Kier molecular flexibility index (Phi) is 5.41. The minimum absolute atomic E-state index is 0.438. The van der Waals surface area contributed by atoms with E-state index in [1.54, 1.807) is 6.92 Å². The van der Waals surface area contributed by atoms with Crippen molar-refractivity contribution in [3.05, 3.63) is 23.9 Å². The van der Waals surface area contributed by atoms with Gasteiger partial charge in [-0.1, -0.05) is 32.8 Å². The SMILES string of the molecule is CC(C)CCN(c1ccc([C@@H](C)O)cn1)C1CCCC1. The second kappa shape index (κ2) is 7.07. The molecule has 1 aromatic heterocycles. The summed E-state index contributed by atoms with van der Waals surface area (Å²) in [6, 6.07) is 4.73. The van der Waals surface area contributed by atoms with E-state index < -0.39 is 6.10 Å². The topological polar surface area (TPSA) is 36.4 Å². The summed E-state index contributed by atoms with van der Waals surface area (Å²) in [7, 11) is 0. The Morgan fingerprint density at radius 3 is 2.45 bits per heavy atom. The Morgan fingerprint density at radius 2 is 1.95 bits per heavy atom. The average molecular weight is 276 g/mol. The molecule has 1 aliphatic rings. The van der Waals surface area contributed by atoms with Crippen LogP contribution in [0.2, 0.25) is 0 Å². The van der Waals surface area contributed by atoms with Gasteiger partial charge in [0.15, 0.2) is 0 Å². The molecule has 0 saturated heterocycles. The maximum Gasteiger partial charge on any atom is 0.128 e. The molecule has 1 saturated carbocycles. The van der Waals surface area contributed by atoms with Crippen LogP contribution in [-0.2, 0) is 0 Å². The summed E-state index contributed by atoms with van der Waals surface area (Å²) in [4.78, 5) is 7.07. The number of aliphatic hydroxyl groups excluding tert-OH is 1. The monoisotopic (exact) mass is 276 g/mol. The normalized spacial score (nSPS) is 17.6. The van der Waals surface area contributed by atoms with E-state index in [1.807, 2.05) is 12.3 Å². The number of anilines is 1. The zero-order valence-corrected chi connectivity index (χ0v) is 13.0. The van der Waals surface area contributed by atoms with Crippen molar-refractivity contribution < 1.29 is 5.11 Å². The van der Waals surface area contributed by atoms with E-state index in [0.29, 0.717) is 6.04 Å². The lowest BCUT2D eigenvalue weighted by Crippen LogP contribution is -2.35. The molecule has 1 N–H and O–H groups in total. The maximum atomic E-state index is 9.59. The van der Waals surface area contributed by atoms with Gasteiger partial charge in [-0.15, -0.1) is 0 Å². The van der Waals surface area contributed by atoms with Crippen LogP contribution in [0, 0.1) is 5.92 Å². The van der Waals surface area contributed by atoms with Crippen molar-refractivity contribution in [2.24, 2.45) is 5.92 Å². The Hall–Kier alpha value is -1.09. The van der Waals surface area contributed by atoms with Crippen LogP contribution in [0.5, 0.6) is 0 Å². The lowest BCUT2D eigenvalue weighted by atomic mass is 10.1. The maximum absolute atomic E-state index is 9.59. The Morgan fingerprint density at radius 1 is 1.25 bits per heavy atom. The molecule has 112 valence electrons. The van der Waals surface area contributed by atoms with Gasteiger partial charge in [-0.2, -0.15) is 0 Å². The van der Waals surface area contributed by atoms with Crippen LogP contribution in [-0.4, -0.2) is 22.7 Å². The molecule has 3 nitrogen and oxygen atoms in total. The predicted molar refractivity (Wildman–Crippen MR) is 83.9 cm³/mol. The highest BCUT2D eigenvalue weighted by Crippen LogP contribution is 2.28. The summed E-state index contributed by atoms with van der Waals surface area (Å²) in [6.45, 7) is 7.42. The highest BCUT2D eigenvalue weighted by Gasteiger charge is 2.23. The molecule has 1 aliphatic carbocycles. The number of nitrogens with zero attached hydrogens (tertiary/aromatic N) is 2. The van der Waals surface area contributed by atoms with E-state index in [-0.39, 0.29) is 0 Å². The van der Waals surface area contributed by atoms with Gasteiger partial charge in [-0.3, -0.25) is 0 Å². The van der Waals surface area contributed by atoms with E-state index in [0.717, 1.165) is 23.8 Å².